The molecule has 0 aromatic carbocycles. The van der Waals surface area contributed by atoms with E-state index in [1.165, 1.54) is 0 Å². The number of hydrogen-bond donors (Lipinski definition) is 1. The SMILES string of the molecule is CCOC(=O)CN1CCC(=O)NCC1C. The fourth-order valence-corrected chi connectivity index (χ4v) is 1.55. The Morgan fingerprint density at radius 2 is 2.40 bits per heavy atom. The second-order valence-corrected chi connectivity index (χ2v) is 3.68. The van der Waals surface area contributed by atoms with Crippen LogP contribution in [-0.4, -0.2) is 49.1 Å². The maximum absolute atomic E-state index is 11.3. The van der Waals surface area contributed by atoms with E-state index >= 15 is 0 Å². The number of amides is 1. The van der Waals surface area contributed by atoms with Crippen LogP contribution in [0.5, 0.6) is 0 Å². The zero-order valence-electron chi connectivity index (χ0n) is 9.28. The van der Waals surface area contributed by atoms with Crippen molar-refractivity contribution in [2.24, 2.45) is 0 Å². The first-order valence-corrected chi connectivity index (χ1v) is 5.30. The molecule has 1 atom stereocenters. The highest BCUT2D eigenvalue weighted by Gasteiger charge is 2.22. The summed E-state index contributed by atoms with van der Waals surface area (Å²) >= 11 is 0. The zero-order chi connectivity index (χ0) is 11.3. The van der Waals surface area contributed by atoms with Gasteiger partial charge in [0.1, 0.15) is 0 Å². The first kappa shape index (κ1) is 12.0. The number of nitrogens with one attached hydrogen (secondary N) is 1. The van der Waals surface area contributed by atoms with Crippen molar-refractivity contribution >= 4 is 11.9 Å². The van der Waals surface area contributed by atoms with Crippen LogP contribution < -0.4 is 5.32 Å². The molecule has 5 nitrogen and oxygen atoms in total. The molecule has 1 fully saturated rings. The van der Waals surface area contributed by atoms with Crippen LogP contribution in [-0.2, 0) is 14.3 Å². The fraction of sp³-hybridized carbons (Fsp3) is 0.800. The van der Waals surface area contributed by atoms with E-state index in [9.17, 15) is 9.59 Å². The van der Waals surface area contributed by atoms with E-state index < -0.39 is 0 Å². The molecule has 0 spiro atoms. The summed E-state index contributed by atoms with van der Waals surface area (Å²) in [7, 11) is 0. The number of carbonyl (C=O) groups excluding carboxylic acids is 2. The summed E-state index contributed by atoms with van der Waals surface area (Å²) in [5.74, 6) is -0.174. The summed E-state index contributed by atoms with van der Waals surface area (Å²) < 4.78 is 4.87. The third-order valence-electron chi connectivity index (χ3n) is 2.48. The predicted molar refractivity (Wildman–Crippen MR) is 55.3 cm³/mol. The Morgan fingerprint density at radius 1 is 1.67 bits per heavy atom. The lowest BCUT2D eigenvalue weighted by molar-refractivity contribution is -0.145. The van der Waals surface area contributed by atoms with Crippen LogP contribution >= 0.6 is 0 Å². The number of hydrogen-bond acceptors (Lipinski definition) is 4. The van der Waals surface area contributed by atoms with Gasteiger partial charge < -0.3 is 10.1 Å². The lowest BCUT2D eigenvalue weighted by Crippen LogP contribution is -2.41. The molecule has 1 saturated heterocycles. The molecule has 0 aliphatic carbocycles. The van der Waals surface area contributed by atoms with Gasteiger partial charge in [0.15, 0.2) is 0 Å². The van der Waals surface area contributed by atoms with Gasteiger partial charge in [0, 0.05) is 25.6 Å². The number of esters is 1. The van der Waals surface area contributed by atoms with Crippen molar-refractivity contribution in [1.29, 1.82) is 0 Å². The van der Waals surface area contributed by atoms with Gasteiger partial charge >= 0.3 is 5.97 Å². The largest absolute Gasteiger partial charge is 0.465 e. The summed E-state index contributed by atoms with van der Waals surface area (Å²) in [5, 5.41) is 2.80. The van der Waals surface area contributed by atoms with Crippen molar-refractivity contribution in [2.45, 2.75) is 26.3 Å². The maximum Gasteiger partial charge on any atom is 0.320 e. The number of nitrogens with zero attached hydrogens (tertiary/aromatic N) is 1. The second-order valence-electron chi connectivity index (χ2n) is 3.68. The smallest absolute Gasteiger partial charge is 0.320 e. The van der Waals surface area contributed by atoms with Crippen LogP contribution in [0.4, 0.5) is 0 Å². The van der Waals surface area contributed by atoms with E-state index in [4.69, 9.17) is 4.74 Å². The molecule has 1 amide bonds. The molecule has 0 bridgehead atoms. The minimum Gasteiger partial charge on any atom is -0.465 e. The second kappa shape index (κ2) is 5.70. The van der Waals surface area contributed by atoms with Crippen molar-refractivity contribution in [3.63, 3.8) is 0 Å². The summed E-state index contributed by atoms with van der Waals surface area (Å²) in [4.78, 5) is 24.4. The van der Waals surface area contributed by atoms with Gasteiger partial charge in [0.05, 0.1) is 13.2 Å². The van der Waals surface area contributed by atoms with E-state index in [0.29, 0.717) is 26.1 Å². The topological polar surface area (TPSA) is 58.6 Å². The van der Waals surface area contributed by atoms with Crippen LogP contribution in [0.25, 0.3) is 0 Å². The van der Waals surface area contributed by atoms with E-state index in [-0.39, 0.29) is 24.5 Å². The summed E-state index contributed by atoms with van der Waals surface area (Å²) in [6.07, 6.45) is 0.448. The maximum atomic E-state index is 11.3. The Bertz CT molecular complexity index is 243. The van der Waals surface area contributed by atoms with Gasteiger partial charge in [0.25, 0.3) is 0 Å². The molecular formula is C10H18N2O3. The Kier molecular flexibility index (Phi) is 4.55. The summed E-state index contributed by atoms with van der Waals surface area (Å²) in [6.45, 7) is 5.66. The Labute approximate surface area is 89.8 Å². The first-order chi connectivity index (χ1) is 7.13. The Balaban J connectivity index is 2.44. The zero-order valence-corrected chi connectivity index (χ0v) is 9.28. The van der Waals surface area contributed by atoms with Gasteiger partial charge in [-0.3, -0.25) is 14.5 Å². The van der Waals surface area contributed by atoms with Crippen molar-refractivity contribution in [3.05, 3.63) is 0 Å². The molecule has 0 aromatic rings. The molecule has 1 heterocycles. The van der Waals surface area contributed by atoms with E-state index in [2.05, 4.69) is 5.32 Å². The van der Waals surface area contributed by atoms with Gasteiger partial charge in [-0.1, -0.05) is 0 Å². The molecule has 0 radical (unpaired) electrons. The number of rotatable bonds is 3. The average Bonchev–Trinajstić information content (AvgIpc) is 2.33. The van der Waals surface area contributed by atoms with Crippen LogP contribution in [0.2, 0.25) is 0 Å². The fourth-order valence-electron chi connectivity index (χ4n) is 1.55. The average molecular weight is 214 g/mol. The molecule has 86 valence electrons. The molecule has 0 aromatic heterocycles. The first-order valence-electron chi connectivity index (χ1n) is 5.30. The molecule has 15 heavy (non-hydrogen) atoms. The molecule has 1 aliphatic rings. The minimum atomic E-state index is -0.223. The highest BCUT2D eigenvalue weighted by molar-refractivity contribution is 5.76. The van der Waals surface area contributed by atoms with Crippen molar-refractivity contribution in [2.75, 3.05) is 26.2 Å². The van der Waals surface area contributed by atoms with Crippen molar-refractivity contribution in [1.82, 2.24) is 10.2 Å². The third-order valence-corrected chi connectivity index (χ3v) is 2.48. The normalized spacial score (nSPS) is 23.1. The van der Waals surface area contributed by atoms with Crippen LogP contribution in [0.1, 0.15) is 20.3 Å². The van der Waals surface area contributed by atoms with Crippen LogP contribution in [0.15, 0.2) is 0 Å². The third kappa shape index (κ3) is 3.87. The van der Waals surface area contributed by atoms with E-state index in [1.54, 1.807) is 6.92 Å². The minimum absolute atomic E-state index is 0.0493. The summed E-state index contributed by atoms with van der Waals surface area (Å²) in [5.41, 5.74) is 0. The molecule has 1 unspecified atom stereocenters. The highest BCUT2D eigenvalue weighted by atomic mass is 16.5. The summed E-state index contributed by atoms with van der Waals surface area (Å²) in [6, 6.07) is 0.181. The Hall–Kier alpha value is -1.10. The van der Waals surface area contributed by atoms with Gasteiger partial charge in [-0.05, 0) is 13.8 Å². The van der Waals surface area contributed by atoms with Gasteiger partial charge in [0.2, 0.25) is 5.91 Å². The quantitative estimate of drug-likeness (QED) is 0.659. The monoisotopic (exact) mass is 214 g/mol. The van der Waals surface area contributed by atoms with Gasteiger partial charge in [-0.25, -0.2) is 0 Å². The predicted octanol–water partition coefficient (Wildman–Crippen LogP) is -0.240. The number of ether oxygens (including phenoxy) is 1. The molecule has 0 saturated carbocycles. The molecule has 1 N–H and O–H groups in total. The van der Waals surface area contributed by atoms with Gasteiger partial charge in [-0.2, -0.15) is 0 Å². The molecule has 5 heteroatoms. The lowest BCUT2D eigenvalue weighted by atomic mass is 10.3. The van der Waals surface area contributed by atoms with E-state index in [0.717, 1.165) is 0 Å². The highest BCUT2D eigenvalue weighted by Crippen LogP contribution is 2.04. The van der Waals surface area contributed by atoms with Crippen LogP contribution in [0, 0.1) is 0 Å². The van der Waals surface area contributed by atoms with Crippen molar-refractivity contribution in [3.8, 4) is 0 Å². The van der Waals surface area contributed by atoms with Crippen molar-refractivity contribution < 1.29 is 14.3 Å². The lowest BCUT2D eigenvalue weighted by Gasteiger charge is -2.24. The standard InChI is InChI=1S/C10H18N2O3/c1-3-15-10(14)7-12-5-4-9(13)11-6-8(12)2/h8H,3-7H2,1-2H3,(H,11,13). The van der Waals surface area contributed by atoms with E-state index in [1.807, 2.05) is 11.8 Å². The molecular weight excluding hydrogens is 196 g/mol. The molecule has 1 rings (SSSR count). The number of carbonyl (C=O) groups is 2. The molecule has 1 aliphatic heterocycles. The van der Waals surface area contributed by atoms with Crippen LogP contribution in [0.3, 0.4) is 0 Å². The Morgan fingerprint density at radius 3 is 3.07 bits per heavy atom. The van der Waals surface area contributed by atoms with Gasteiger partial charge in [-0.15, -0.1) is 0 Å².